The highest BCUT2D eigenvalue weighted by molar-refractivity contribution is 7.88. The van der Waals surface area contributed by atoms with E-state index in [4.69, 9.17) is 27.9 Å². The number of hydrogen-bond donors (Lipinski definition) is 3. The molecule has 0 bridgehead atoms. The maximum Gasteiger partial charge on any atom is 0.266 e. The Morgan fingerprint density at radius 1 is 1.22 bits per heavy atom. The maximum atomic E-state index is 13.5. The number of rotatable bonds is 12. The lowest BCUT2D eigenvalue weighted by Crippen LogP contribution is -2.49. The average Bonchev–Trinajstić information content (AvgIpc) is 3.13. The van der Waals surface area contributed by atoms with Crippen molar-refractivity contribution >= 4 is 45.0 Å². The summed E-state index contributed by atoms with van der Waals surface area (Å²) >= 11 is 11.8. The van der Waals surface area contributed by atoms with Crippen LogP contribution in [-0.4, -0.2) is 60.7 Å². The molecule has 2 aromatic rings. The van der Waals surface area contributed by atoms with E-state index >= 15 is 0 Å². The molecule has 0 radical (unpaired) electrons. The molecule has 2 heterocycles. The summed E-state index contributed by atoms with van der Waals surface area (Å²) in [5.74, 6) is -0.294. The third-order valence-corrected chi connectivity index (χ3v) is 7.48. The van der Waals surface area contributed by atoms with E-state index in [1.165, 1.54) is 4.90 Å². The first-order chi connectivity index (χ1) is 17.4. The average molecular weight is 573 g/mol. The van der Waals surface area contributed by atoms with Gasteiger partial charge in [-0.05, 0) is 68.0 Å². The third-order valence-electron chi connectivity index (χ3n) is 6.36. The smallest absolute Gasteiger partial charge is 0.266 e. The number of halogens is 2. The molecule has 1 aromatic heterocycles. The predicted molar refractivity (Wildman–Crippen MR) is 139 cm³/mol. The number of hydroxylamine groups is 1. The van der Waals surface area contributed by atoms with Crippen LogP contribution in [0.2, 0.25) is 10.3 Å². The number of carbonyl (C=O) groups is 2. The molecule has 2 unspecified atom stereocenters. The predicted octanol–water partition coefficient (Wildman–Crippen LogP) is 3.05. The lowest BCUT2D eigenvalue weighted by molar-refractivity contribution is -0.144. The molecule has 0 spiro atoms. The van der Waals surface area contributed by atoms with Crippen molar-refractivity contribution in [3.05, 3.63) is 57.8 Å². The van der Waals surface area contributed by atoms with Gasteiger partial charge in [0, 0.05) is 13.1 Å². The van der Waals surface area contributed by atoms with E-state index in [-0.39, 0.29) is 35.8 Å². The highest BCUT2D eigenvalue weighted by Crippen LogP contribution is 2.38. The lowest BCUT2D eigenvalue weighted by atomic mass is 9.81. The summed E-state index contributed by atoms with van der Waals surface area (Å²) in [6.45, 7) is 2.64. The van der Waals surface area contributed by atoms with E-state index in [1.54, 1.807) is 29.7 Å². The molecule has 1 saturated heterocycles. The van der Waals surface area contributed by atoms with Gasteiger partial charge in [0.1, 0.15) is 28.7 Å². The Kier molecular flexibility index (Phi) is 9.76. The Morgan fingerprint density at radius 2 is 1.86 bits per heavy atom. The number of amides is 2. The van der Waals surface area contributed by atoms with Gasteiger partial charge in [-0.1, -0.05) is 35.3 Å². The topological polar surface area (TPSA) is 138 Å². The summed E-state index contributed by atoms with van der Waals surface area (Å²) in [4.78, 5) is 31.3. The van der Waals surface area contributed by atoms with Crippen LogP contribution in [0.4, 0.5) is 0 Å². The van der Waals surface area contributed by atoms with Crippen LogP contribution in [0.25, 0.3) is 0 Å². The molecular formula is C24H30Cl2N4O6S. The summed E-state index contributed by atoms with van der Waals surface area (Å²) in [5, 5.41) is 9.79. The number of pyridine rings is 1. The van der Waals surface area contributed by atoms with Crippen molar-refractivity contribution in [2.24, 2.45) is 0 Å². The Hall–Kier alpha value is -2.44. The Balaban J connectivity index is 1.64. The number of likely N-dealkylation sites (tertiary alicyclic amines) is 1. The fourth-order valence-corrected chi connectivity index (χ4v) is 5.36. The van der Waals surface area contributed by atoms with Crippen LogP contribution in [-0.2, 0) is 31.6 Å². The van der Waals surface area contributed by atoms with Crippen molar-refractivity contribution in [3.63, 3.8) is 0 Å². The molecule has 2 amide bonds. The van der Waals surface area contributed by atoms with Crippen molar-refractivity contribution in [2.75, 3.05) is 19.3 Å². The standard InChI is InChI=1S/C24H30Cl2N4O6S/c1-24(17-6-8-18(9-7-17)36-15-16-13-20(25)28-21(26)14-16)10-12-30(23(24)32)19(22(31)29-33)5-3-4-11-27-37(2,34)35/h6-9,13-14,19,27,33H,3-5,10-12,15H2,1-2H3,(H,29,31). The lowest BCUT2D eigenvalue weighted by Gasteiger charge is -2.29. The quantitative estimate of drug-likeness (QED) is 0.154. The van der Waals surface area contributed by atoms with Crippen LogP contribution in [0.3, 0.4) is 0 Å². The van der Waals surface area contributed by atoms with E-state index in [0.717, 1.165) is 17.4 Å². The largest absolute Gasteiger partial charge is 0.489 e. The van der Waals surface area contributed by atoms with Gasteiger partial charge < -0.3 is 9.64 Å². The van der Waals surface area contributed by atoms with Crippen LogP contribution in [0.15, 0.2) is 36.4 Å². The SMILES string of the molecule is CC1(c2ccc(OCc3cc(Cl)nc(Cl)c3)cc2)CCN(C(CCCCNS(C)(=O)=O)C(=O)NO)C1=O. The monoisotopic (exact) mass is 572 g/mol. The molecule has 1 aliphatic rings. The van der Waals surface area contributed by atoms with Gasteiger partial charge in [0.05, 0.1) is 11.7 Å². The Labute approximate surface area is 226 Å². The highest BCUT2D eigenvalue weighted by atomic mass is 35.5. The van der Waals surface area contributed by atoms with Crippen molar-refractivity contribution < 1.29 is 28.0 Å². The Bertz CT molecular complexity index is 1210. The first-order valence-corrected chi connectivity index (χ1v) is 14.3. The van der Waals surface area contributed by atoms with Gasteiger partial charge in [0.2, 0.25) is 15.9 Å². The summed E-state index contributed by atoms with van der Waals surface area (Å²) in [7, 11) is -3.30. The van der Waals surface area contributed by atoms with Crippen molar-refractivity contribution in [3.8, 4) is 5.75 Å². The fourth-order valence-electron chi connectivity index (χ4n) is 4.34. The van der Waals surface area contributed by atoms with E-state index in [9.17, 15) is 23.2 Å². The molecule has 3 rings (SSSR count). The number of nitrogens with one attached hydrogen (secondary N) is 2. The number of hydrogen-bond acceptors (Lipinski definition) is 7. The normalized spacial score (nSPS) is 18.6. The van der Waals surface area contributed by atoms with Crippen LogP contribution < -0.4 is 14.9 Å². The maximum absolute atomic E-state index is 13.5. The van der Waals surface area contributed by atoms with Gasteiger partial charge in [0.25, 0.3) is 5.91 Å². The molecule has 0 saturated carbocycles. The van der Waals surface area contributed by atoms with Gasteiger partial charge in [-0.3, -0.25) is 14.8 Å². The minimum atomic E-state index is -3.30. The van der Waals surface area contributed by atoms with E-state index in [0.29, 0.717) is 31.6 Å². The van der Waals surface area contributed by atoms with E-state index in [1.807, 2.05) is 19.1 Å². The van der Waals surface area contributed by atoms with Crippen molar-refractivity contribution in [1.82, 2.24) is 20.1 Å². The summed E-state index contributed by atoms with van der Waals surface area (Å²) in [6, 6.07) is 9.65. The number of unbranched alkanes of at least 4 members (excludes halogenated alkanes) is 1. The van der Waals surface area contributed by atoms with Crippen LogP contribution in [0.5, 0.6) is 5.75 Å². The van der Waals surface area contributed by atoms with Crippen LogP contribution >= 0.6 is 23.2 Å². The van der Waals surface area contributed by atoms with Crippen LogP contribution in [0, 0.1) is 0 Å². The third kappa shape index (κ3) is 7.78. The number of benzene rings is 1. The van der Waals surface area contributed by atoms with Gasteiger partial charge >= 0.3 is 0 Å². The molecule has 202 valence electrons. The molecule has 2 atom stereocenters. The summed E-state index contributed by atoms with van der Waals surface area (Å²) in [5.41, 5.74) is 2.35. The molecule has 0 aliphatic carbocycles. The molecule has 1 fully saturated rings. The number of sulfonamides is 1. The molecule has 1 aliphatic heterocycles. The zero-order chi connectivity index (χ0) is 27.2. The Morgan fingerprint density at radius 3 is 2.46 bits per heavy atom. The van der Waals surface area contributed by atoms with Crippen LogP contribution in [0.1, 0.15) is 43.7 Å². The number of carbonyl (C=O) groups excluding carboxylic acids is 2. The van der Waals surface area contributed by atoms with Gasteiger partial charge in [-0.2, -0.15) is 0 Å². The summed E-state index contributed by atoms with van der Waals surface area (Å²) < 4.78 is 30.6. The second-order valence-electron chi connectivity index (χ2n) is 9.17. The molecule has 1 aromatic carbocycles. The second-order valence-corrected chi connectivity index (χ2v) is 11.8. The first-order valence-electron chi connectivity index (χ1n) is 11.7. The zero-order valence-electron chi connectivity index (χ0n) is 20.5. The number of ether oxygens (including phenoxy) is 1. The summed E-state index contributed by atoms with van der Waals surface area (Å²) in [6.07, 6.45) is 2.83. The van der Waals surface area contributed by atoms with Gasteiger partial charge in [-0.25, -0.2) is 23.6 Å². The second kappa shape index (κ2) is 12.4. The molecular weight excluding hydrogens is 543 g/mol. The molecule has 13 heteroatoms. The molecule has 3 N–H and O–H groups in total. The van der Waals surface area contributed by atoms with Crippen molar-refractivity contribution in [2.45, 2.75) is 50.7 Å². The van der Waals surface area contributed by atoms with E-state index in [2.05, 4.69) is 9.71 Å². The fraction of sp³-hybridized carbons (Fsp3) is 0.458. The van der Waals surface area contributed by atoms with Crippen molar-refractivity contribution in [1.29, 1.82) is 0 Å². The number of nitrogens with zero attached hydrogens (tertiary/aromatic N) is 2. The molecule has 37 heavy (non-hydrogen) atoms. The zero-order valence-corrected chi connectivity index (χ0v) is 22.9. The highest BCUT2D eigenvalue weighted by Gasteiger charge is 2.47. The van der Waals surface area contributed by atoms with Gasteiger partial charge in [0.15, 0.2) is 0 Å². The first kappa shape index (κ1) is 29.1. The van der Waals surface area contributed by atoms with E-state index < -0.39 is 27.4 Å². The number of aromatic nitrogens is 1. The minimum absolute atomic E-state index is 0.218. The van der Waals surface area contributed by atoms with Gasteiger partial charge in [-0.15, -0.1) is 0 Å². The minimum Gasteiger partial charge on any atom is -0.489 e. The molecule has 10 nitrogen and oxygen atoms in total.